The van der Waals surface area contributed by atoms with E-state index in [2.05, 4.69) is 5.32 Å². The molecular formula is C11H15ClN2O2S. The van der Waals surface area contributed by atoms with Gasteiger partial charge in [0.05, 0.1) is 4.90 Å². The van der Waals surface area contributed by atoms with E-state index in [9.17, 15) is 8.42 Å². The molecule has 0 spiro atoms. The van der Waals surface area contributed by atoms with Crippen molar-refractivity contribution in [1.29, 1.82) is 0 Å². The van der Waals surface area contributed by atoms with Crippen LogP contribution in [0.2, 0.25) is 5.02 Å². The van der Waals surface area contributed by atoms with Gasteiger partial charge in [0.1, 0.15) is 0 Å². The summed E-state index contributed by atoms with van der Waals surface area (Å²) in [7, 11) is -3.39. The molecule has 0 aliphatic carbocycles. The topological polar surface area (TPSA) is 49.4 Å². The molecular weight excluding hydrogens is 260 g/mol. The van der Waals surface area contributed by atoms with Crippen molar-refractivity contribution in [3.8, 4) is 0 Å². The van der Waals surface area contributed by atoms with Gasteiger partial charge in [0, 0.05) is 30.7 Å². The first kappa shape index (κ1) is 12.8. The van der Waals surface area contributed by atoms with Crippen LogP contribution in [-0.4, -0.2) is 38.4 Å². The van der Waals surface area contributed by atoms with Crippen LogP contribution in [0.25, 0.3) is 0 Å². The van der Waals surface area contributed by atoms with Crippen LogP contribution in [0, 0.1) is 0 Å². The van der Waals surface area contributed by atoms with Crippen molar-refractivity contribution in [3.63, 3.8) is 0 Å². The average Bonchev–Trinajstić information content (AvgIpc) is 2.30. The maximum absolute atomic E-state index is 12.4. The minimum atomic E-state index is -3.39. The second-order valence-corrected chi connectivity index (χ2v) is 6.45. The largest absolute Gasteiger partial charge is 0.314 e. The van der Waals surface area contributed by atoms with Crippen molar-refractivity contribution < 1.29 is 8.42 Å². The van der Waals surface area contributed by atoms with Gasteiger partial charge in [-0.1, -0.05) is 11.6 Å². The molecule has 1 aromatic carbocycles. The van der Waals surface area contributed by atoms with Gasteiger partial charge in [0.25, 0.3) is 0 Å². The molecule has 0 bridgehead atoms. The van der Waals surface area contributed by atoms with E-state index in [1.807, 2.05) is 6.92 Å². The quantitative estimate of drug-likeness (QED) is 0.885. The molecule has 0 amide bonds. The highest BCUT2D eigenvalue weighted by Gasteiger charge is 2.30. The van der Waals surface area contributed by atoms with Gasteiger partial charge in [-0.15, -0.1) is 0 Å². The van der Waals surface area contributed by atoms with Gasteiger partial charge in [-0.05, 0) is 31.2 Å². The van der Waals surface area contributed by atoms with E-state index in [4.69, 9.17) is 11.6 Å². The van der Waals surface area contributed by atoms with E-state index in [1.54, 1.807) is 24.3 Å². The van der Waals surface area contributed by atoms with Crippen LogP contribution in [0.5, 0.6) is 0 Å². The van der Waals surface area contributed by atoms with Crippen LogP contribution in [-0.2, 0) is 10.0 Å². The number of piperazine rings is 1. The molecule has 94 valence electrons. The van der Waals surface area contributed by atoms with Gasteiger partial charge in [-0.3, -0.25) is 0 Å². The van der Waals surface area contributed by atoms with Crippen molar-refractivity contribution in [3.05, 3.63) is 29.3 Å². The summed E-state index contributed by atoms with van der Waals surface area (Å²) < 4.78 is 26.3. The van der Waals surface area contributed by atoms with E-state index >= 15 is 0 Å². The maximum atomic E-state index is 12.4. The summed E-state index contributed by atoms with van der Waals surface area (Å²) in [4.78, 5) is 0.302. The molecule has 0 aromatic heterocycles. The van der Waals surface area contributed by atoms with Crippen molar-refractivity contribution >= 4 is 21.6 Å². The molecule has 1 aliphatic heterocycles. The molecule has 1 aromatic rings. The Labute approximate surface area is 107 Å². The number of hydrogen-bond acceptors (Lipinski definition) is 3. The first-order valence-corrected chi connectivity index (χ1v) is 7.32. The van der Waals surface area contributed by atoms with Crippen LogP contribution in [0.4, 0.5) is 0 Å². The Balaban J connectivity index is 2.32. The van der Waals surface area contributed by atoms with Gasteiger partial charge in [-0.2, -0.15) is 4.31 Å². The zero-order valence-corrected chi connectivity index (χ0v) is 11.1. The molecule has 1 fully saturated rings. The third-order valence-corrected chi connectivity index (χ3v) is 5.14. The number of sulfonamides is 1. The summed E-state index contributed by atoms with van der Waals surface area (Å²) in [5.41, 5.74) is 0. The summed E-state index contributed by atoms with van der Waals surface area (Å²) in [6.07, 6.45) is 0. The molecule has 1 aliphatic rings. The van der Waals surface area contributed by atoms with Gasteiger partial charge < -0.3 is 5.32 Å². The fourth-order valence-corrected chi connectivity index (χ4v) is 3.68. The number of nitrogens with one attached hydrogen (secondary N) is 1. The summed E-state index contributed by atoms with van der Waals surface area (Å²) in [5.74, 6) is 0. The van der Waals surface area contributed by atoms with Crippen LogP contribution in [0.1, 0.15) is 6.92 Å². The van der Waals surface area contributed by atoms with E-state index in [-0.39, 0.29) is 6.04 Å². The number of rotatable bonds is 2. The highest BCUT2D eigenvalue weighted by atomic mass is 35.5. The Bertz CT molecular complexity index is 487. The molecule has 1 unspecified atom stereocenters. The van der Waals surface area contributed by atoms with Crippen LogP contribution in [0.15, 0.2) is 29.2 Å². The summed E-state index contributed by atoms with van der Waals surface area (Å²) >= 11 is 5.76. The van der Waals surface area contributed by atoms with E-state index in [1.165, 1.54) is 4.31 Å². The fraction of sp³-hybridized carbons (Fsp3) is 0.455. The number of halogens is 1. The lowest BCUT2D eigenvalue weighted by Crippen LogP contribution is -2.52. The van der Waals surface area contributed by atoms with Gasteiger partial charge >= 0.3 is 0 Å². The van der Waals surface area contributed by atoms with Crippen molar-refractivity contribution in [2.75, 3.05) is 19.6 Å². The molecule has 1 N–H and O–H groups in total. The predicted molar refractivity (Wildman–Crippen MR) is 67.7 cm³/mol. The van der Waals surface area contributed by atoms with Crippen LogP contribution >= 0.6 is 11.6 Å². The first-order chi connectivity index (χ1) is 8.01. The first-order valence-electron chi connectivity index (χ1n) is 5.50. The second kappa shape index (κ2) is 4.94. The average molecular weight is 275 g/mol. The SMILES string of the molecule is CC1CNCCN1S(=O)(=O)c1ccc(Cl)cc1. The van der Waals surface area contributed by atoms with Gasteiger partial charge in [-0.25, -0.2) is 8.42 Å². The monoisotopic (exact) mass is 274 g/mol. The lowest BCUT2D eigenvalue weighted by Gasteiger charge is -2.32. The number of hydrogen-bond donors (Lipinski definition) is 1. The minimum absolute atomic E-state index is 0.0237. The van der Waals surface area contributed by atoms with Crippen LogP contribution in [0.3, 0.4) is 0 Å². The zero-order valence-electron chi connectivity index (χ0n) is 9.56. The molecule has 0 saturated carbocycles. The van der Waals surface area contributed by atoms with Gasteiger partial charge in [0.2, 0.25) is 10.0 Å². The zero-order chi connectivity index (χ0) is 12.5. The summed E-state index contributed by atoms with van der Waals surface area (Å²) in [6.45, 7) is 3.79. The lowest BCUT2D eigenvalue weighted by atomic mass is 10.3. The highest BCUT2D eigenvalue weighted by Crippen LogP contribution is 2.20. The van der Waals surface area contributed by atoms with Crippen molar-refractivity contribution in [2.45, 2.75) is 17.9 Å². The Morgan fingerprint density at radius 3 is 2.59 bits per heavy atom. The lowest BCUT2D eigenvalue weighted by molar-refractivity contribution is 0.284. The molecule has 0 radical (unpaired) electrons. The Kier molecular flexibility index (Phi) is 3.73. The Hall–Kier alpha value is -0.620. The summed E-state index contributed by atoms with van der Waals surface area (Å²) in [5, 5.41) is 3.71. The molecule has 1 heterocycles. The highest BCUT2D eigenvalue weighted by molar-refractivity contribution is 7.89. The molecule has 6 heteroatoms. The second-order valence-electron chi connectivity index (χ2n) is 4.12. The van der Waals surface area contributed by atoms with E-state index < -0.39 is 10.0 Å². The smallest absolute Gasteiger partial charge is 0.243 e. The van der Waals surface area contributed by atoms with Crippen molar-refractivity contribution in [1.82, 2.24) is 9.62 Å². The summed E-state index contributed by atoms with van der Waals surface area (Å²) in [6, 6.07) is 6.27. The standard InChI is InChI=1S/C11H15ClN2O2S/c1-9-8-13-6-7-14(9)17(15,16)11-4-2-10(12)3-5-11/h2-5,9,13H,6-8H2,1H3. The minimum Gasteiger partial charge on any atom is -0.314 e. The van der Waals surface area contributed by atoms with Crippen LogP contribution < -0.4 is 5.32 Å². The Morgan fingerprint density at radius 2 is 2.00 bits per heavy atom. The predicted octanol–water partition coefficient (Wildman–Crippen LogP) is 1.32. The molecule has 1 saturated heterocycles. The number of nitrogens with zero attached hydrogens (tertiary/aromatic N) is 1. The molecule has 1 atom stereocenters. The van der Waals surface area contributed by atoms with Gasteiger partial charge in [0.15, 0.2) is 0 Å². The number of benzene rings is 1. The normalized spacial score (nSPS) is 22.6. The molecule has 17 heavy (non-hydrogen) atoms. The van der Waals surface area contributed by atoms with E-state index in [0.717, 1.165) is 0 Å². The molecule has 4 nitrogen and oxygen atoms in total. The third kappa shape index (κ3) is 2.63. The van der Waals surface area contributed by atoms with E-state index in [0.29, 0.717) is 29.6 Å². The van der Waals surface area contributed by atoms with Crippen molar-refractivity contribution in [2.24, 2.45) is 0 Å². The third-order valence-electron chi connectivity index (χ3n) is 2.86. The Morgan fingerprint density at radius 1 is 1.35 bits per heavy atom. The molecule has 2 rings (SSSR count). The fourth-order valence-electron chi connectivity index (χ4n) is 1.92. The maximum Gasteiger partial charge on any atom is 0.243 e.